The van der Waals surface area contributed by atoms with Gasteiger partial charge in [0.25, 0.3) is 17.4 Å². The third kappa shape index (κ3) is 5.34. The molecule has 1 aliphatic heterocycles. The zero-order chi connectivity index (χ0) is 30.8. The molecular formula is C32H27N7O5. The molecule has 0 bridgehead atoms. The minimum absolute atomic E-state index is 0.0127. The monoisotopic (exact) mass is 589 g/mol. The van der Waals surface area contributed by atoms with E-state index in [1.807, 2.05) is 24.3 Å². The van der Waals surface area contributed by atoms with E-state index in [2.05, 4.69) is 32.6 Å². The van der Waals surface area contributed by atoms with E-state index in [1.54, 1.807) is 60.3 Å². The van der Waals surface area contributed by atoms with Gasteiger partial charge in [-0.15, -0.1) is 5.10 Å². The van der Waals surface area contributed by atoms with Gasteiger partial charge in [-0.1, -0.05) is 42.2 Å². The zero-order valence-electron chi connectivity index (χ0n) is 23.6. The summed E-state index contributed by atoms with van der Waals surface area (Å²) in [6.45, 7) is 1.79. The number of rotatable bonds is 6. The van der Waals surface area contributed by atoms with Crippen LogP contribution in [0.2, 0.25) is 0 Å². The van der Waals surface area contributed by atoms with Crippen LogP contribution in [-0.2, 0) is 14.3 Å². The van der Waals surface area contributed by atoms with Gasteiger partial charge in [-0.3, -0.25) is 23.7 Å². The molecule has 220 valence electrons. The molecule has 1 aliphatic rings. The lowest BCUT2D eigenvalue weighted by atomic mass is 10.0. The van der Waals surface area contributed by atoms with Crippen molar-refractivity contribution in [1.82, 2.24) is 29.8 Å². The van der Waals surface area contributed by atoms with E-state index in [9.17, 15) is 19.2 Å². The molecule has 2 amide bonds. The summed E-state index contributed by atoms with van der Waals surface area (Å²) >= 11 is 0. The molecule has 4 N–H and O–H groups in total. The molecule has 0 spiro atoms. The number of aromatic nitrogens is 4. The number of carbonyl (C=O) groups excluding carboxylic acids is 3. The Labute approximate surface area is 250 Å². The number of amides is 2. The topological polar surface area (TPSA) is 163 Å². The Hall–Kier alpha value is -5.96. The Morgan fingerprint density at radius 3 is 2.73 bits per heavy atom. The van der Waals surface area contributed by atoms with Crippen LogP contribution in [0.15, 0.2) is 77.9 Å². The molecule has 3 aromatic heterocycles. The van der Waals surface area contributed by atoms with Crippen LogP contribution in [0.5, 0.6) is 0 Å². The van der Waals surface area contributed by atoms with E-state index in [0.29, 0.717) is 39.8 Å². The zero-order valence-corrected chi connectivity index (χ0v) is 23.6. The maximum atomic E-state index is 14.2. The van der Waals surface area contributed by atoms with Crippen molar-refractivity contribution in [1.29, 1.82) is 0 Å². The lowest BCUT2D eigenvalue weighted by molar-refractivity contribution is -0.148. The van der Waals surface area contributed by atoms with E-state index in [1.165, 1.54) is 4.52 Å². The molecule has 5 aromatic rings. The quantitative estimate of drug-likeness (QED) is 0.201. The maximum Gasteiger partial charge on any atom is 0.306 e. The van der Waals surface area contributed by atoms with Crippen molar-refractivity contribution < 1.29 is 19.1 Å². The minimum Gasteiger partial charge on any atom is -0.452 e. The minimum atomic E-state index is -0.804. The number of nitrogens with zero attached hydrogens (tertiary/aromatic N) is 4. The second kappa shape index (κ2) is 11.7. The van der Waals surface area contributed by atoms with Crippen LogP contribution in [0.25, 0.3) is 22.1 Å². The molecule has 1 fully saturated rings. The molecule has 0 saturated carbocycles. The molecule has 12 heteroatoms. The third-order valence-corrected chi connectivity index (χ3v) is 7.28. The Balaban J connectivity index is 1.35. The molecule has 6 rings (SSSR count). The molecular weight excluding hydrogens is 562 g/mol. The number of esters is 1. The average Bonchev–Trinajstić information content (AvgIpc) is 3.61. The van der Waals surface area contributed by atoms with Crippen LogP contribution in [0.3, 0.4) is 0 Å². The van der Waals surface area contributed by atoms with Crippen LogP contribution in [0.4, 0.5) is 5.82 Å². The van der Waals surface area contributed by atoms with Gasteiger partial charge in [0.05, 0.1) is 18.0 Å². The lowest BCUT2D eigenvalue weighted by Crippen LogP contribution is -2.34. The number of nitrogens with one attached hydrogen (secondary N) is 2. The molecule has 4 heterocycles. The molecule has 2 atom stereocenters. The number of cyclic esters (lactones) is 1. The average molecular weight is 590 g/mol. The lowest BCUT2D eigenvalue weighted by Gasteiger charge is -2.21. The fourth-order valence-corrected chi connectivity index (χ4v) is 5.21. The van der Waals surface area contributed by atoms with Crippen LogP contribution < -0.4 is 21.9 Å². The number of nitrogen functional groups attached to an aromatic ring is 1. The Kier molecular flexibility index (Phi) is 7.51. The SMILES string of the molecule is C[C@H](NC(=O)c1c(N)nn2cccnc12)c1cc2cccc(C#CCNC(=O)[C@@H]3CCC(=O)O3)c2c(=O)n1-c1ccccc1. The highest BCUT2D eigenvalue weighted by Gasteiger charge is 2.29. The smallest absolute Gasteiger partial charge is 0.306 e. The summed E-state index contributed by atoms with van der Waals surface area (Å²) < 4.78 is 7.97. The van der Waals surface area contributed by atoms with Gasteiger partial charge in [0.15, 0.2) is 17.6 Å². The van der Waals surface area contributed by atoms with Gasteiger partial charge in [0, 0.05) is 42.2 Å². The summed E-state index contributed by atoms with van der Waals surface area (Å²) in [4.78, 5) is 55.4. The molecule has 0 radical (unpaired) electrons. The van der Waals surface area contributed by atoms with Crippen molar-refractivity contribution in [3.63, 3.8) is 0 Å². The van der Waals surface area contributed by atoms with Crippen LogP contribution in [-0.4, -0.2) is 49.6 Å². The third-order valence-electron chi connectivity index (χ3n) is 7.28. The Bertz CT molecular complexity index is 2060. The van der Waals surface area contributed by atoms with Gasteiger partial charge in [-0.25, -0.2) is 9.50 Å². The van der Waals surface area contributed by atoms with Crippen molar-refractivity contribution in [2.45, 2.75) is 31.9 Å². The highest BCUT2D eigenvalue weighted by Crippen LogP contribution is 2.24. The largest absolute Gasteiger partial charge is 0.452 e. The number of nitrogens with two attached hydrogens (primary N) is 1. The van der Waals surface area contributed by atoms with Gasteiger partial charge in [-0.05, 0) is 42.6 Å². The summed E-state index contributed by atoms with van der Waals surface area (Å²) in [7, 11) is 0. The van der Waals surface area contributed by atoms with Gasteiger partial charge in [0.1, 0.15) is 5.56 Å². The summed E-state index contributed by atoms with van der Waals surface area (Å²) in [5, 5.41) is 10.8. The second-order valence-electron chi connectivity index (χ2n) is 10.2. The van der Waals surface area contributed by atoms with Crippen molar-refractivity contribution in [3.8, 4) is 17.5 Å². The number of carbonyl (C=O) groups is 3. The fraction of sp³-hybridized carbons (Fsp3) is 0.188. The highest BCUT2D eigenvalue weighted by atomic mass is 16.6. The molecule has 44 heavy (non-hydrogen) atoms. The normalized spacial score (nSPS) is 14.9. The van der Waals surface area contributed by atoms with Crippen molar-refractivity contribution >= 4 is 40.0 Å². The van der Waals surface area contributed by atoms with E-state index >= 15 is 0 Å². The van der Waals surface area contributed by atoms with Gasteiger partial charge in [-0.2, -0.15) is 0 Å². The van der Waals surface area contributed by atoms with Crippen LogP contribution in [0, 0.1) is 11.8 Å². The van der Waals surface area contributed by atoms with Crippen LogP contribution in [0.1, 0.15) is 47.4 Å². The number of pyridine rings is 1. The first kappa shape index (κ1) is 28.2. The second-order valence-corrected chi connectivity index (χ2v) is 10.2. The van der Waals surface area contributed by atoms with Crippen molar-refractivity contribution in [3.05, 3.63) is 100 Å². The number of benzene rings is 2. The number of ether oxygens (including phenoxy) is 1. The molecule has 2 aromatic carbocycles. The Morgan fingerprint density at radius 1 is 1.14 bits per heavy atom. The van der Waals surface area contributed by atoms with E-state index in [4.69, 9.17) is 10.5 Å². The number of fused-ring (bicyclic) bond motifs is 2. The predicted molar refractivity (Wildman–Crippen MR) is 162 cm³/mol. The standard InChI is InChI=1S/C32H27N7O5/c1-19(36-31(42)27-28(33)37-38-17-7-16-34-29(27)38)23-18-21-9-5-8-20(10-6-15-35-30(41)24-13-14-25(40)44-24)26(21)32(43)39(23)22-11-3-2-4-12-22/h2-5,7-9,11-12,16-19,24H,13-15H2,1H3,(H2,33,37)(H,35,41)(H,36,42)/t19-,24-/m0/s1. The van der Waals surface area contributed by atoms with Gasteiger partial charge < -0.3 is 21.1 Å². The first-order chi connectivity index (χ1) is 21.3. The summed E-state index contributed by atoms with van der Waals surface area (Å²) in [6, 6.07) is 17.3. The molecule has 1 saturated heterocycles. The Morgan fingerprint density at radius 2 is 1.95 bits per heavy atom. The summed E-state index contributed by atoms with van der Waals surface area (Å²) in [5.41, 5.74) is 7.82. The number of para-hydroxylation sites is 1. The number of hydrogen-bond donors (Lipinski definition) is 3. The number of hydrogen-bond acceptors (Lipinski definition) is 8. The van der Waals surface area contributed by atoms with Gasteiger partial charge >= 0.3 is 5.97 Å². The first-order valence-corrected chi connectivity index (χ1v) is 13.9. The number of anilines is 1. The summed E-state index contributed by atoms with van der Waals surface area (Å²) in [5.74, 6) is 4.64. The van der Waals surface area contributed by atoms with E-state index in [-0.39, 0.29) is 29.9 Å². The van der Waals surface area contributed by atoms with Gasteiger partial charge in [0.2, 0.25) is 0 Å². The molecule has 12 nitrogen and oxygen atoms in total. The predicted octanol–water partition coefficient (Wildman–Crippen LogP) is 2.28. The highest BCUT2D eigenvalue weighted by molar-refractivity contribution is 6.04. The first-order valence-electron chi connectivity index (χ1n) is 13.9. The fourth-order valence-electron chi connectivity index (χ4n) is 5.21. The molecule has 0 aliphatic carbocycles. The van der Waals surface area contributed by atoms with Crippen molar-refractivity contribution in [2.75, 3.05) is 12.3 Å². The van der Waals surface area contributed by atoms with Crippen LogP contribution >= 0.6 is 0 Å². The maximum absolute atomic E-state index is 14.2. The molecule has 0 unspecified atom stereocenters. The van der Waals surface area contributed by atoms with E-state index in [0.717, 1.165) is 0 Å². The van der Waals surface area contributed by atoms with Crippen molar-refractivity contribution in [2.24, 2.45) is 0 Å². The van der Waals surface area contributed by atoms with E-state index < -0.39 is 29.9 Å². The summed E-state index contributed by atoms with van der Waals surface area (Å²) in [6.07, 6.45) is 2.94.